The maximum absolute atomic E-state index is 13.7. The molecule has 0 saturated carbocycles. The van der Waals surface area contributed by atoms with Gasteiger partial charge in [-0.15, -0.1) is 0 Å². The molecule has 1 N–H and O–H groups in total. The van der Waals surface area contributed by atoms with Gasteiger partial charge in [0.15, 0.2) is 5.17 Å². The molecule has 1 fully saturated rings. The number of nitrogens with zero attached hydrogens (tertiary/aromatic N) is 2. The van der Waals surface area contributed by atoms with Crippen molar-refractivity contribution in [2.75, 3.05) is 4.90 Å². The zero-order valence-corrected chi connectivity index (χ0v) is 22.3. The number of ether oxygens (including phenoxy) is 1. The van der Waals surface area contributed by atoms with Gasteiger partial charge in [-0.3, -0.25) is 9.69 Å². The van der Waals surface area contributed by atoms with Crippen molar-refractivity contribution in [3.8, 4) is 5.75 Å². The summed E-state index contributed by atoms with van der Waals surface area (Å²) in [5.41, 5.74) is 5.59. The van der Waals surface area contributed by atoms with Gasteiger partial charge in [-0.2, -0.15) is 0 Å². The number of aromatic carboxylic acids is 1. The van der Waals surface area contributed by atoms with Crippen LogP contribution < -0.4 is 9.64 Å². The Morgan fingerprint density at radius 2 is 1.54 bits per heavy atom. The van der Waals surface area contributed by atoms with Crippen molar-refractivity contribution in [1.29, 1.82) is 0 Å². The second-order valence-electron chi connectivity index (χ2n) is 9.15. The molecule has 1 saturated heterocycles. The number of para-hydroxylation sites is 1. The van der Waals surface area contributed by atoms with Gasteiger partial charge in [0.2, 0.25) is 0 Å². The molecule has 0 atom stereocenters. The third-order valence-corrected chi connectivity index (χ3v) is 7.13. The van der Waals surface area contributed by atoms with Crippen LogP contribution in [0.3, 0.4) is 0 Å². The van der Waals surface area contributed by atoms with Crippen LogP contribution in [0.25, 0.3) is 6.08 Å². The summed E-state index contributed by atoms with van der Waals surface area (Å²) in [7, 11) is 0. The van der Waals surface area contributed by atoms with Crippen LogP contribution in [0.15, 0.2) is 107 Å². The second-order valence-corrected chi connectivity index (χ2v) is 10.2. The minimum Gasteiger partial charge on any atom is -0.488 e. The minimum atomic E-state index is -0.969. The highest BCUT2D eigenvalue weighted by Crippen LogP contribution is 2.38. The van der Waals surface area contributed by atoms with E-state index in [0.717, 1.165) is 33.6 Å². The fourth-order valence-electron chi connectivity index (χ4n) is 3.98. The molecule has 0 radical (unpaired) electrons. The van der Waals surface area contributed by atoms with Gasteiger partial charge < -0.3 is 9.84 Å². The van der Waals surface area contributed by atoms with E-state index in [9.17, 15) is 9.59 Å². The highest BCUT2D eigenvalue weighted by atomic mass is 32.2. The first-order valence-corrected chi connectivity index (χ1v) is 13.2. The van der Waals surface area contributed by atoms with E-state index in [1.807, 2.05) is 92.7 Å². The Morgan fingerprint density at radius 3 is 2.21 bits per heavy atom. The SMILES string of the molecule is Cc1ccc(N=C2S/C(=C\c3ccccc3OCc3ccc(C(=O)O)cc3)C(=O)N2c2ccc(C)cc2)cc1. The summed E-state index contributed by atoms with van der Waals surface area (Å²) in [6.07, 6.45) is 1.83. The lowest BCUT2D eigenvalue weighted by atomic mass is 10.1. The summed E-state index contributed by atoms with van der Waals surface area (Å²) in [4.78, 5) is 31.8. The molecule has 1 aliphatic rings. The number of anilines is 1. The van der Waals surface area contributed by atoms with Crippen LogP contribution in [0.5, 0.6) is 5.75 Å². The van der Waals surface area contributed by atoms with Gasteiger partial charge in [-0.25, -0.2) is 9.79 Å². The molecule has 0 aromatic heterocycles. The highest BCUT2D eigenvalue weighted by Gasteiger charge is 2.35. The first-order valence-electron chi connectivity index (χ1n) is 12.4. The molecule has 1 amide bonds. The second kappa shape index (κ2) is 11.4. The van der Waals surface area contributed by atoms with Gasteiger partial charge in [0.25, 0.3) is 5.91 Å². The predicted octanol–water partition coefficient (Wildman–Crippen LogP) is 7.39. The zero-order chi connectivity index (χ0) is 27.4. The summed E-state index contributed by atoms with van der Waals surface area (Å²) < 4.78 is 6.07. The smallest absolute Gasteiger partial charge is 0.335 e. The fourth-order valence-corrected chi connectivity index (χ4v) is 4.97. The third-order valence-electron chi connectivity index (χ3n) is 6.16. The number of aryl methyl sites for hydroxylation is 2. The van der Waals surface area contributed by atoms with Crippen molar-refractivity contribution in [2.45, 2.75) is 20.5 Å². The van der Waals surface area contributed by atoms with Crippen LogP contribution in [-0.2, 0) is 11.4 Å². The molecule has 6 nitrogen and oxygen atoms in total. The van der Waals surface area contributed by atoms with Gasteiger partial charge in [-0.1, -0.05) is 65.7 Å². The fraction of sp³-hybridized carbons (Fsp3) is 0.0938. The number of carbonyl (C=O) groups is 2. The zero-order valence-electron chi connectivity index (χ0n) is 21.5. The maximum Gasteiger partial charge on any atom is 0.335 e. The number of carboxylic acid groups (broad SMARTS) is 1. The summed E-state index contributed by atoms with van der Waals surface area (Å²) in [6, 6.07) is 29.8. The molecule has 0 aliphatic carbocycles. The number of aliphatic imine (C=N–C) groups is 1. The van der Waals surface area contributed by atoms with Crippen molar-refractivity contribution >= 4 is 46.3 Å². The quantitative estimate of drug-likeness (QED) is 0.250. The standard InChI is InChI=1S/C32H26N2O4S/c1-21-7-15-26(16-8-21)33-32-34(27-17-9-22(2)10-18-27)30(35)29(39-32)19-25-5-3-4-6-28(25)38-20-23-11-13-24(14-12-23)31(36)37/h3-19H,20H2,1-2H3,(H,36,37)/b29-19-,33-32?. The van der Waals surface area contributed by atoms with Crippen LogP contribution in [0.1, 0.15) is 32.6 Å². The van der Waals surface area contributed by atoms with Crippen molar-refractivity contribution < 1.29 is 19.4 Å². The van der Waals surface area contributed by atoms with Crippen LogP contribution in [0, 0.1) is 13.8 Å². The Kier molecular flexibility index (Phi) is 7.61. The van der Waals surface area contributed by atoms with Crippen LogP contribution in [0.2, 0.25) is 0 Å². The molecule has 0 spiro atoms. The molecule has 0 unspecified atom stereocenters. The summed E-state index contributed by atoms with van der Waals surface area (Å²) in [6.45, 7) is 4.29. The van der Waals surface area contributed by atoms with E-state index in [2.05, 4.69) is 0 Å². The van der Waals surface area contributed by atoms with Gasteiger partial charge in [0, 0.05) is 5.56 Å². The monoisotopic (exact) mass is 534 g/mol. The summed E-state index contributed by atoms with van der Waals surface area (Å²) in [5, 5.41) is 9.69. The van der Waals surface area contributed by atoms with E-state index in [4.69, 9.17) is 14.8 Å². The molecule has 1 heterocycles. The van der Waals surface area contributed by atoms with Crippen molar-refractivity contribution in [2.24, 2.45) is 4.99 Å². The van der Waals surface area contributed by atoms with Gasteiger partial charge in [0.1, 0.15) is 12.4 Å². The summed E-state index contributed by atoms with van der Waals surface area (Å²) in [5.74, 6) is -0.511. The molecule has 1 aliphatic heterocycles. The largest absolute Gasteiger partial charge is 0.488 e. The van der Waals surface area contributed by atoms with Crippen molar-refractivity contribution in [3.05, 3.63) is 130 Å². The number of rotatable bonds is 7. The summed E-state index contributed by atoms with van der Waals surface area (Å²) >= 11 is 1.32. The molecule has 194 valence electrons. The van der Waals surface area contributed by atoms with Gasteiger partial charge in [0.05, 0.1) is 21.8 Å². The Bertz CT molecular complexity index is 1570. The lowest BCUT2D eigenvalue weighted by molar-refractivity contribution is -0.113. The van der Waals surface area contributed by atoms with Crippen LogP contribution in [-0.4, -0.2) is 22.2 Å². The normalized spacial score (nSPS) is 15.2. The number of amides is 1. The Morgan fingerprint density at radius 1 is 0.897 bits per heavy atom. The van der Waals surface area contributed by atoms with E-state index in [0.29, 0.717) is 15.8 Å². The van der Waals surface area contributed by atoms with E-state index in [1.165, 1.54) is 11.8 Å². The Labute approximate surface area is 231 Å². The minimum absolute atomic E-state index is 0.159. The number of carboxylic acids is 1. The molecule has 4 aromatic carbocycles. The lowest BCUT2D eigenvalue weighted by Crippen LogP contribution is -2.28. The van der Waals surface area contributed by atoms with E-state index in [1.54, 1.807) is 29.2 Å². The Balaban J connectivity index is 1.44. The molecule has 39 heavy (non-hydrogen) atoms. The first-order chi connectivity index (χ1) is 18.9. The van der Waals surface area contributed by atoms with E-state index in [-0.39, 0.29) is 18.1 Å². The van der Waals surface area contributed by atoms with Gasteiger partial charge >= 0.3 is 5.97 Å². The average molecular weight is 535 g/mol. The number of amidine groups is 1. The number of carbonyl (C=O) groups excluding carboxylic acids is 1. The predicted molar refractivity (Wildman–Crippen MR) is 157 cm³/mol. The van der Waals surface area contributed by atoms with Gasteiger partial charge in [-0.05, 0) is 79.7 Å². The number of benzene rings is 4. The molecule has 5 rings (SSSR count). The Hall–Kier alpha value is -4.62. The topological polar surface area (TPSA) is 79.2 Å². The maximum atomic E-state index is 13.7. The van der Waals surface area contributed by atoms with Crippen LogP contribution >= 0.6 is 11.8 Å². The molecule has 7 heteroatoms. The molecule has 0 bridgehead atoms. The number of hydrogen-bond acceptors (Lipinski definition) is 5. The number of thioether (sulfide) groups is 1. The van der Waals surface area contributed by atoms with E-state index >= 15 is 0 Å². The number of hydrogen-bond donors (Lipinski definition) is 1. The highest BCUT2D eigenvalue weighted by molar-refractivity contribution is 8.19. The molecule has 4 aromatic rings. The first kappa shape index (κ1) is 26.0. The molecular formula is C32H26N2O4S. The van der Waals surface area contributed by atoms with Crippen LogP contribution in [0.4, 0.5) is 11.4 Å². The average Bonchev–Trinajstić information content (AvgIpc) is 3.24. The van der Waals surface area contributed by atoms with Crippen molar-refractivity contribution in [1.82, 2.24) is 0 Å². The van der Waals surface area contributed by atoms with E-state index < -0.39 is 5.97 Å². The third kappa shape index (κ3) is 6.10. The van der Waals surface area contributed by atoms with Crippen molar-refractivity contribution in [3.63, 3.8) is 0 Å². The molecular weight excluding hydrogens is 508 g/mol. The lowest BCUT2D eigenvalue weighted by Gasteiger charge is -2.16.